The SMILES string of the molecule is C=CC1(S(N)(=O)=O)CC1. The van der Waals surface area contributed by atoms with Gasteiger partial charge in [0.15, 0.2) is 0 Å². The van der Waals surface area contributed by atoms with Crippen LogP contribution in [0.15, 0.2) is 12.7 Å². The number of nitrogens with two attached hydrogens (primary N) is 1. The number of hydrogen-bond acceptors (Lipinski definition) is 2. The summed E-state index contributed by atoms with van der Waals surface area (Å²) in [4.78, 5) is 0. The lowest BCUT2D eigenvalue weighted by Crippen LogP contribution is -2.28. The second-order valence-electron chi connectivity index (χ2n) is 2.31. The van der Waals surface area contributed by atoms with Crippen LogP contribution < -0.4 is 5.14 Å². The van der Waals surface area contributed by atoms with Gasteiger partial charge in [-0.3, -0.25) is 0 Å². The lowest BCUT2D eigenvalue weighted by Gasteiger charge is -2.03. The maximum atomic E-state index is 10.7. The fourth-order valence-electron chi connectivity index (χ4n) is 0.728. The van der Waals surface area contributed by atoms with Crippen molar-refractivity contribution < 1.29 is 8.42 Å². The first kappa shape index (κ1) is 6.77. The van der Waals surface area contributed by atoms with Crippen molar-refractivity contribution >= 4 is 10.0 Å². The highest BCUT2D eigenvalue weighted by Crippen LogP contribution is 2.42. The van der Waals surface area contributed by atoms with Crippen LogP contribution in [0, 0.1) is 0 Å². The highest BCUT2D eigenvalue weighted by atomic mass is 32.2. The van der Waals surface area contributed by atoms with E-state index >= 15 is 0 Å². The number of sulfonamides is 1. The minimum atomic E-state index is -3.36. The molecule has 4 heteroatoms. The van der Waals surface area contributed by atoms with Gasteiger partial charge in [0.05, 0.1) is 0 Å². The zero-order valence-electron chi connectivity index (χ0n) is 5.00. The predicted molar refractivity (Wildman–Crippen MR) is 35.3 cm³/mol. The molecule has 0 aliphatic heterocycles. The summed E-state index contributed by atoms with van der Waals surface area (Å²) in [6.45, 7) is 3.40. The molecule has 0 amide bonds. The zero-order chi connectivity index (χ0) is 7.12. The van der Waals surface area contributed by atoms with Crippen LogP contribution in [0.4, 0.5) is 0 Å². The van der Waals surface area contributed by atoms with E-state index in [1.54, 1.807) is 0 Å². The number of primary sulfonamides is 1. The molecule has 0 aromatic rings. The van der Waals surface area contributed by atoms with E-state index in [0.717, 1.165) is 0 Å². The Morgan fingerprint density at radius 1 is 1.56 bits per heavy atom. The topological polar surface area (TPSA) is 60.2 Å². The molecule has 0 atom stereocenters. The van der Waals surface area contributed by atoms with Crippen LogP contribution in [0.5, 0.6) is 0 Å². The van der Waals surface area contributed by atoms with Crippen LogP contribution >= 0.6 is 0 Å². The van der Waals surface area contributed by atoms with Crippen LogP contribution in [0.3, 0.4) is 0 Å². The lowest BCUT2D eigenvalue weighted by atomic mass is 10.4. The summed E-state index contributed by atoms with van der Waals surface area (Å²) >= 11 is 0. The molecule has 1 fully saturated rings. The average Bonchev–Trinajstić information content (AvgIpc) is 2.40. The molecule has 0 unspecified atom stereocenters. The number of rotatable bonds is 2. The van der Waals surface area contributed by atoms with Crippen molar-refractivity contribution in [1.82, 2.24) is 0 Å². The Kier molecular flexibility index (Phi) is 1.18. The molecule has 52 valence electrons. The zero-order valence-corrected chi connectivity index (χ0v) is 5.82. The fourth-order valence-corrected chi connectivity index (χ4v) is 1.63. The molecule has 1 aliphatic rings. The Labute approximate surface area is 54.6 Å². The van der Waals surface area contributed by atoms with Gasteiger partial charge in [-0.2, -0.15) is 0 Å². The van der Waals surface area contributed by atoms with Gasteiger partial charge in [-0.15, -0.1) is 6.58 Å². The molecule has 0 aromatic carbocycles. The lowest BCUT2D eigenvalue weighted by molar-refractivity contribution is 0.589. The highest BCUT2D eigenvalue weighted by molar-refractivity contribution is 7.91. The maximum Gasteiger partial charge on any atom is 0.218 e. The fraction of sp³-hybridized carbons (Fsp3) is 0.600. The van der Waals surface area contributed by atoms with Gasteiger partial charge in [0.1, 0.15) is 4.75 Å². The molecule has 0 bridgehead atoms. The van der Waals surface area contributed by atoms with E-state index in [1.165, 1.54) is 6.08 Å². The average molecular weight is 147 g/mol. The van der Waals surface area contributed by atoms with Crippen LogP contribution in [-0.4, -0.2) is 13.2 Å². The van der Waals surface area contributed by atoms with Crippen molar-refractivity contribution in [3.8, 4) is 0 Å². The summed E-state index contributed by atoms with van der Waals surface area (Å²) in [5.74, 6) is 0. The summed E-state index contributed by atoms with van der Waals surface area (Å²) in [5, 5.41) is 4.89. The summed E-state index contributed by atoms with van der Waals surface area (Å²) in [6.07, 6.45) is 2.69. The number of hydrogen-bond donors (Lipinski definition) is 1. The molecule has 1 aliphatic carbocycles. The first-order valence-corrected chi connectivity index (χ1v) is 4.22. The van der Waals surface area contributed by atoms with Crippen LogP contribution in [-0.2, 0) is 10.0 Å². The Morgan fingerprint density at radius 2 is 2.00 bits per heavy atom. The van der Waals surface area contributed by atoms with E-state index in [-0.39, 0.29) is 0 Å². The van der Waals surface area contributed by atoms with E-state index in [4.69, 9.17) is 5.14 Å². The van der Waals surface area contributed by atoms with Crippen molar-refractivity contribution in [2.24, 2.45) is 5.14 Å². The third-order valence-electron chi connectivity index (χ3n) is 1.68. The van der Waals surface area contributed by atoms with Gasteiger partial charge in [-0.05, 0) is 12.8 Å². The largest absolute Gasteiger partial charge is 0.228 e. The normalized spacial score (nSPS) is 23.2. The molecule has 1 rings (SSSR count). The standard InChI is InChI=1S/C5H9NO2S/c1-2-5(3-4-5)9(6,7)8/h2H,1,3-4H2,(H2,6,7,8). The van der Waals surface area contributed by atoms with E-state index in [9.17, 15) is 8.42 Å². The Morgan fingerprint density at radius 3 is 2.00 bits per heavy atom. The summed E-state index contributed by atoms with van der Waals surface area (Å²) < 4.78 is 20.5. The molecule has 0 heterocycles. The summed E-state index contributed by atoms with van der Waals surface area (Å²) in [6, 6.07) is 0. The molecule has 0 saturated heterocycles. The van der Waals surface area contributed by atoms with Crippen molar-refractivity contribution in [2.75, 3.05) is 0 Å². The Hall–Kier alpha value is -0.350. The third kappa shape index (κ3) is 0.881. The first-order chi connectivity index (χ1) is 4.02. The molecule has 3 nitrogen and oxygen atoms in total. The van der Waals surface area contributed by atoms with E-state index in [2.05, 4.69) is 6.58 Å². The van der Waals surface area contributed by atoms with Crippen molar-refractivity contribution in [3.63, 3.8) is 0 Å². The molecular weight excluding hydrogens is 138 g/mol. The van der Waals surface area contributed by atoms with Crippen LogP contribution in [0.2, 0.25) is 0 Å². The van der Waals surface area contributed by atoms with Crippen molar-refractivity contribution in [1.29, 1.82) is 0 Å². The summed E-state index contributed by atoms with van der Waals surface area (Å²) in [7, 11) is -3.36. The van der Waals surface area contributed by atoms with E-state index < -0.39 is 14.8 Å². The predicted octanol–water partition coefficient (Wildman–Crippen LogP) is -0.00650. The van der Waals surface area contributed by atoms with Gasteiger partial charge in [0.2, 0.25) is 10.0 Å². The smallest absolute Gasteiger partial charge is 0.218 e. The Bertz CT molecular complexity index is 225. The van der Waals surface area contributed by atoms with Crippen LogP contribution in [0.25, 0.3) is 0 Å². The quantitative estimate of drug-likeness (QED) is 0.558. The van der Waals surface area contributed by atoms with Crippen molar-refractivity contribution in [3.05, 3.63) is 12.7 Å². The second-order valence-corrected chi connectivity index (χ2v) is 4.22. The van der Waals surface area contributed by atoms with E-state index in [1.807, 2.05) is 0 Å². The second kappa shape index (κ2) is 1.58. The molecule has 0 spiro atoms. The van der Waals surface area contributed by atoms with Crippen molar-refractivity contribution in [2.45, 2.75) is 17.6 Å². The molecular formula is C5H9NO2S. The maximum absolute atomic E-state index is 10.7. The third-order valence-corrected chi connectivity index (χ3v) is 3.39. The van der Waals surface area contributed by atoms with Gasteiger partial charge in [0, 0.05) is 0 Å². The molecule has 0 radical (unpaired) electrons. The molecule has 9 heavy (non-hydrogen) atoms. The molecule has 1 saturated carbocycles. The summed E-state index contributed by atoms with van der Waals surface area (Å²) in [5.41, 5.74) is 0. The van der Waals surface area contributed by atoms with E-state index in [0.29, 0.717) is 12.8 Å². The molecule has 0 aromatic heterocycles. The minimum absolute atomic E-state index is 0.634. The van der Waals surface area contributed by atoms with Gasteiger partial charge in [-0.1, -0.05) is 6.08 Å². The van der Waals surface area contributed by atoms with Gasteiger partial charge in [-0.25, -0.2) is 13.6 Å². The van der Waals surface area contributed by atoms with Gasteiger partial charge < -0.3 is 0 Å². The monoisotopic (exact) mass is 147 g/mol. The highest BCUT2D eigenvalue weighted by Gasteiger charge is 2.50. The first-order valence-electron chi connectivity index (χ1n) is 2.68. The van der Waals surface area contributed by atoms with Gasteiger partial charge in [0.25, 0.3) is 0 Å². The van der Waals surface area contributed by atoms with Gasteiger partial charge >= 0.3 is 0 Å². The Balaban J connectivity index is 2.97. The molecule has 2 N–H and O–H groups in total. The minimum Gasteiger partial charge on any atom is -0.228 e. The van der Waals surface area contributed by atoms with Crippen LogP contribution in [0.1, 0.15) is 12.8 Å².